The molecule has 9 nitrogen and oxygen atoms in total. The summed E-state index contributed by atoms with van der Waals surface area (Å²) in [5, 5.41) is 7.14. The fourth-order valence-electron chi connectivity index (χ4n) is 6.44. The van der Waals surface area contributed by atoms with Crippen molar-refractivity contribution in [2.75, 3.05) is 61.0 Å². The number of aromatic nitrogens is 2. The van der Waals surface area contributed by atoms with Gasteiger partial charge < -0.3 is 14.5 Å². The first kappa shape index (κ1) is 31.5. The maximum atomic E-state index is 13.1. The topological polar surface area (TPSA) is 90.9 Å². The third-order valence-corrected chi connectivity index (χ3v) is 11.5. The summed E-state index contributed by atoms with van der Waals surface area (Å²) in [5.74, 6) is -0.444. The average molecular weight is 678 g/mol. The zero-order valence-electron chi connectivity index (χ0n) is 24.9. The molecule has 44 heavy (non-hydrogen) atoms. The molecule has 0 spiro atoms. The molecular weight excluding hydrogens is 639 g/mol. The summed E-state index contributed by atoms with van der Waals surface area (Å²) in [5.41, 5.74) is 2.35. The van der Waals surface area contributed by atoms with Crippen molar-refractivity contribution < 1.29 is 14.3 Å². The number of esters is 1. The number of thiazole rings is 1. The number of anilines is 3. The largest absolute Gasteiger partial charge is 0.466 e. The highest BCUT2D eigenvalue weighted by molar-refractivity contribution is 7.21. The van der Waals surface area contributed by atoms with Crippen LogP contribution in [0.15, 0.2) is 23.7 Å². The van der Waals surface area contributed by atoms with Gasteiger partial charge in [0.2, 0.25) is 0 Å². The van der Waals surface area contributed by atoms with Gasteiger partial charge in [-0.3, -0.25) is 19.8 Å². The van der Waals surface area contributed by atoms with Crippen LogP contribution >= 0.6 is 45.9 Å². The van der Waals surface area contributed by atoms with Gasteiger partial charge in [0.05, 0.1) is 28.0 Å². The van der Waals surface area contributed by atoms with E-state index in [1.54, 1.807) is 11.3 Å². The van der Waals surface area contributed by atoms with Crippen LogP contribution in [0.4, 0.5) is 15.8 Å². The maximum absolute atomic E-state index is 13.1. The quantitative estimate of drug-likeness (QED) is 0.200. The molecule has 1 saturated carbocycles. The van der Waals surface area contributed by atoms with Crippen LogP contribution in [-0.2, 0) is 9.53 Å². The summed E-state index contributed by atoms with van der Waals surface area (Å²) in [7, 11) is 0. The van der Waals surface area contributed by atoms with Crippen LogP contribution in [0.2, 0.25) is 10.2 Å². The smallest absolute Gasteiger partial charge is 0.309 e. The lowest BCUT2D eigenvalue weighted by Gasteiger charge is -2.41. The van der Waals surface area contributed by atoms with E-state index in [-0.39, 0.29) is 28.0 Å². The van der Waals surface area contributed by atoms with E-state index in [1.165, 1.54) is 55.7 Å². The molecule has 0 radical (unpaired) electrons. The van der Waals surface area contributed by atoms with E-state index < -0.39 is 0 Å². The van der Waals surface area contributed by atoms with Gasteiger partial charge in [-0.05, 0) is 44.7 Å². The van der Waals surface area contributed by atoms with Gasteiger partial charge in [-0.15, -0.1) is 11.3 Å². The Morgan fingerprint density at radius 3 is 2.45 bits per heavy atom. The van der Waals surface area contributed by atoms with E-state index in [2.05, 4.69) is 36.4 Å². The highest BCUT2D eigenvalue weighted by Crippen LogP contribution is 2.43. The number of halogens is 2. The molecule has 6 rings (SSSR count). The molecule has 3 aromatic rings. The van der Waals surface area contributed by atoms with E-state index in [0.717, 1.165) is 73.4 Å². The molecule has 1 aliphatic carbocycles. The predicted molar refractivity (Wildman–Crippen MR) is 180 cm³/mol. The van der Waals surface area contributed by atoms with E-state index in [9.17, 15) is 9.59 Å². The summed E-state index contributed by atoms with van der Waals surface area (Å²) in [6.45, 7) is 7.81. The number of nitrogens with one attached hydrogen (secondary N) is 1. The number of amides is 1. The molecule has 5 heterocycles. The normalized spacial score (nSPS) is 18.9. The van der Waals surface area contributed by atoms with Gasteiger partial charge in [0, 0.05) is 62.6 Å². The molecule has 3 aromatic heterocycles. The number of thiophene rings is 1. The average Bonchev–Trinajstić information content (AvgIpc) is 3.71. The highest BCUT2D eigenvalue weighted by atomic mass is 35.5. The molecule has 0 bridgehead atoms. The van der Waals surface area contributed by atoms with Crippen molar-refractivity contribution >= 4 is 73.6 Å². The van der Waals surface area contributed by atoms with Crippen molar-refractivity contribution in [3.05, 3.63) is 39.4 Å². The third-order valence-electron chi connectivity index (χ3n) is 8.88. The number of piperazine rings is 1. The van der Waals surface area contributed by atoms with E-state index in [4.69, 9.17) is 32.9 Å². The van der Waals surface area contributed by atoms with Gasteiger partial charge >= 0.3 is 5.97 Å². The third kappa shape index (κ3) is 7.17. The number of nitrogens with zero attached hydrogens (tertiary/aromatic N) is 5. The molecule has 2 aliphatic heterocycles. The summed E-state index contributed by atoms with van der Waals surface area (Å²) < 4.78 is 5.25. The van der Waals surface area contributed by atoms with Gasteiger partial charge in [0.1, 0.15) is 15.8 Å². The SMILES string of the molecule is CCOC(=O)C1CCN(c2csc(-c3nc(NC(=O)c4cnc(Cl)c(Cl)c4)sc3N3CCN(C4CCCCC4)CC3)c2)CC1. The van der Waals surface area contributed by atoms with Crippen LogP contribution in [0, 0.1) is 5.92 Å². The lowest BCUT2D eigenvalue weighted by atomic mass is 9.94. The number of carbonyl (C=O) groups excluding carboxylic acids is 2. The minimum Gasteiger partial charge on any atom is -0.466 e. The van der Waals surface area contributed by atoms with Gasteiger partial charge in [-0.1, -0.05) is 53.8 Å². The van der Waals surface area contributed by atoms with Crippen LogP contribution in [0.1, 0.15) is 62.2 Å². The fraction of sp³-hybridized carbons (Fsp3) is 0.548. The number of rotatable bonds is 8. The number of hydrogen-bond donors (Lipinski definition) is 1. The van der Waals surface area contributed by atoms with E-state index in [1.807, 2.05) is 6.92 Å². The van der Waals surface area contributed by atoms with Crippen LogP contribution in [0.3, 0.4) is 0 Å². The Morgan fingerprint density at radius 2 is 1.75 bits per heavy atom. The Morgan fingerprint density at radius 1 is 1.00 bits per heavy atom. The number of carbonyl (C=O) groups is 2. The second-order valence-electron chi connectivity index (χ2n) is 11.6. The zero-order chi connectivity index (χ0) is 30.6. The summed E-state index contributed by atoms with van der Waals surface area (Å²) >= 11 is 15.2. The predicted octanol–water partition coefficient (Wildman–Crippen LogP) is 7.06. The van der Waals surface area contributed by atoms with Crippen LogP contribution < -0.4 is 15.1 Å². The lowest BCUT2D eigenvalue weighted by Crippen LogP contribution is -2.50. The summed E-state index contributed by atoms with van der Waals surface area (Å²) in [6.07, 6.45) is 9.64. The van der Waals surface area contributed by atoms with Gasteiger partial charge in [-0.2, -0.15) is 0 Å². The minimum absolute atomic E-state index is 0.0291. The van der Waals surface area contributed by atoms with Crippen molar-refractivity contribution in [3.63, 3.8) is 0 Å². The van der Waals surface area contributed by atoms with Crippen molar-refractivity contribution in [1.82, 2.24) is 14.9 Å². The molecule has 0 atom stereocenters. The second-order valence-corrected chi connectivity index (χ2v) is 14.3. The summed E-state index contributed by atoms with van der Waals surface area (Å²) in [4.78, 5) is 42.8. The molecule has 0 unspecified atom stereocenters. The van der Waals surface area contributed by atoms with Crippen molar-refractivity contribution in [3.8, 4) is 10.6 Å². The second kappa shape index (κ2) is 14.3. The van der Waals surface area contributed by atoms with Crippen molar-refractivity contribution in [2.24, 2.45) is 5.92 Å². The van der Waals surface area contributed by atoms with Crippen molar-refractivity contribution in [1.29, 1.82) is 0 Å². The Balaban J connectivity index is 1.20. The van der Waals surface area contributed by atoms with Crippen LogP contribution in [-0.4, -0.2) is 78.7 Å². The molecule has 236 valence electrons. The first-order valence-electron chi connectivity index (χ1n) is 15.5. The molecule has 1 N–H and O–H groups in total. The Hall–Kier alpha value is -2.44. The van der Waals surface area contributed by atoms with Crippen LogP contribution in [0.25, 0.3) is 10.6 Å². The van der Waals surface area contributed by atoms with E-state index >= 15 is 0 Å². The van der Waals surface area contributed by atoms with Crippen LogP contribution in [0.5, 0.6) is 0 Å². The first-order chi connectivity index (χ1) is 21.4. The molecule has 0 aromatic carbocycles. The van der Waals surface area contributed by atoms with Gasteiger partial charge in [0.15, 0.2) is 5.13 Å². The lowest BCUT2D eigenvalue weighted by molar-refractivity contribution is -0.148. The first-order valence-corrected chi connectivity index (χ1v) is 18.0. The summed E-state index contributed by atoms with van der Waals surface area (Å²) in [6, 6.07) is 4.41. The molecule has 2 saturated heterocycles. The number of pyridine rings is 1. The van der Waals surface area contributed by atoms with E-state index in [0.29, 0.717) is 23.3 Å². The highest BCUT2D eigenvalue weighted by Gasteiger charge is 2.30. The van der Waals surface area contributed by atoms with Gasteiger partial charge in [-0.25, -0.2) is 9.97 Å². The molecular formula is C31H38Cl2N6O3S2. The maximum Gasteiger partial charge on any atom is 0.309 e. The minimum atomic E-state index is -0.332. The molecule has 13 heteroatoms. The number of hydrogen-bond acceptors (Lipinski definition) is 10. The van der Waals surface area contributed by atoms with Gasteiger partial charge in [0.25, 0.3) is 5.91 Å². The molecule has 3 aliphatic rings. The fourth-order valence-corrected chi connectivity index (χ4v) is 8.71. The standard InChI is InChI=1S/C31H38Cl2N6O3S2/c1-2-42-30(41)20-8-10-37(11-9-20)23-17-25(43-19-23)26-29(39-14-12-38(13-15-39)22-6-4-3-5-7-22)44-31(35-26)36-28(40)21-16-24(32)27(33)34-18-21/h16-20,22H,2-15H2,1H3,(H,35,36,40). The monoisotopic (exact) mass is 676 g/mol. The van der Waals surface area contributed by atoms with Crippen molar-refractivity contribution in [2.45, 2.75) is 57.9 Å². The molecule has 1 amide bonds. The Bertz CT molecular complexity index is 1460. The molecule has 3 fully saturated rings. The zero-order valence-corrected chi connectivity index (χ0v) is 28.0. The Kier molecular flexibility index (Phi) is 10.3. The Labute approximate surface area is 276 Å². The number of piperidine rings is 1. The number of ether oxygens (including phenoxy) is 1.